The summed E-state index contributed by atoms with van der Waals surface area (Å²) in [6.07, 6.45) is 5.56. The molecule has 0 unspecified atom stereocenters. The summed E-state index contributed by atoms with van der Waals surface area (Å²) < 4.78 is 0. The zero-order chi connectivity index (χ0) is 17.1. The van der Waals surface area contributed by atoms with E-state index in [-0.39, 0.29) is 17.7 Å². The van der Waals surface area contributed by atoms with E-state index in [0.29, 0.717) is 13.1 Å². The summed E-state index contributed by atoms with van der Waals surface area (Å²) in [5.74, 6) is 0.327. The van der Waals surface area contributed by atoms with Crippen molar-refractivity contribution >= 4 is 11.8 Å². The fraction of sp³-hybridized carbons (Fsp3) is 0.600. The number of nitrogens with zero attached hydrogens (tertiary/aromatic N) is 2. The first kappa shape index (κ1) is 17.0. The molecular formula is C20H28N2O2. The minimum Gasteiger partial charge on any atom is -0.341 e. The summed E-state index contributed by atoms with van der Waals surface area (Å²) in [5.41, 5.74) is 3.56. The molecule has 1 heterocycles. The molecule has 3 rings (SSSR count). The van der Waals surface area contributed by atoms with Crippen LogP contribution in [0.5, 0.6) is 0 Å². The third kappa shape index (κ3) is 3.63. The SMILES string of the molecule is CC(C)C(=O)N1CCCN(C(=O)c2ccc3c(c2)CCCC3)CC1. The number of hydrogen-bond donors (Lipinski definition) is 0. The van der Waals surface area contributed by atoms with Gasteiger partial charge in [-0.15, -0.1) is 0 Å². The lowest BCUT2D eigenvalue weighted by molar-refractivity contribution is -0.134. The lowest BCUT2D eigenvalue weighted by Gasteiger charge is -2.24. The summed E-state index contributed by atoms with van der Waals surface area (Å²) in [6, 6.07) is 6.21. The van der Waals surface area contributed by atoms with Crippen LogP contribution in [0.2, 0.25) is 0 Å². The van der Waals surface area contributed by atoms with Crippen LogP contribution < -0.4 is 0 Å². The fourth-order valence-electron chi connectivity index (χ4n) is 3.76. The molecule has 0 aromatic heterocycles. The van der Waals surface area contributed by atoms with Crippen LogP contribution in [0.25, 0.3) is 0 Å². The van der Waals surface area contributed by atoms with E-state index in [4.69, 9.17) is 0 Å². The van der Waals surface area contributed by atoms with Gasteiger partial charge in [0.1, 0.15) is 0 Å². The predicted octanol–water partition coefficient (Wildman–Crippen LogP) is 2.90. The first-order chi connectivity index (χ1) is 11.6. The van der Waals surface area contributed by atoms with Crippen LogP contribution in [-0.2, 0) is 17.6 Å². The van der Waals surface area contributed by atoms with Gasteiger partial charge in [-0.2, -0.15) is 0 Å². The van der Waals surface area contributed by atoms with Gasteiger partial charge in [0.2, 0.25) is 5.91 Å². The van der Waals surface area contributed by atoms with Crippen molar-refractivity contribution < 1.29 is 9.59 Å². The van der Waals surface area contributed by atoms with Gasteiger partial charge in [-0.1, -0.05) is 19.9 Å². The van der Waals surface area contributed by atoms with Crippen molar-refractivity contribution in [1.29, 1.82) is 0 Å². The Morgan fingerprint density at radius 2 is 1.54 bits per heavy atom. The number of amides is 2. The molecule has 24 heavy (non-hydrogen) atoms. The molecule has 1 aliphatic carbocycles. The van der Waals surface area contributed by atoms with Crippen LogP contribution >= 0.6 is 0 Å². The fourth-order valence-corrected chi connectivity index (χ4v) is 3.76. The van der Waals surface area contributed by atoms with E-state index in [1.807, 2.05) is 29.7 Å². The number of carbonyl (C=O) groups is 2. The molecule has 4 heteroatoms. The number of rotatable bonds is 2. The Balaban J connectivity index is 1.68. The topological polar surface area (TPSA) is 40.6 Å². The lowest BCUT2D eigenvalue weighted by Crippen LogP contribution is -2.39. The van der Waals surface area contributed by atoms with Gasteiger partial charge < -0.3 is 9.80 Å². The minimum absolute atomic E-state index is 0.0212. The largest absolute Gasteiger partial charge is 0.341 e. The second-order valence-electron chi connectivity index (χ2n) is 7.32. The van der Waals surface area contributed by atoms with Gasteiger partial charge in [0, 0.05) is 37.7 Å². The van der Waals surface area contributed by atoms with E-state index in [0.717, 1.165) is 37.9 Å². The van der Waals surface area contributed by atoms with Gasteiger partial charge in [-0.05, 0) is 55.4 Å². The summed E-state index contributed by atoms with van der Waals surface area (Å²) >= 11 is 0. The molecule has 0 spiro atoms. The highest BCUT2D eigenvalue weighted by atomic mass is 16.2. The molecule has 1 aliphatic heterocycles. The van der Waals surface area contributed by atoms with E-state index >= 15 is 0 Å². The first-order valence-electron chi connectivity index (χ1n) is 9.26. The Bertz CT molecular complexity index is 624. The molecule has 1 fully saturated rings. The molecule has 1 saturated heterocycles. The Labute approximate surface area is 144 Å². The number of carbonyl (C=O) groups excluding carboxylic acids is 2. The third-order valence-electron chi connectivity index (χ3n) is 5.18. The predicted molar refractivity (Wildman–Crippen MR) is 95.0 cm³/mol. The Morgan fingerprint density at radius 1 is 0.875 bits per heavy atom. The van der Waals surface area contributed by atoms with Gasteiger partial charge in [-0.25, -0.2) is 0 Å². The van der Waals surface area contributed by atoms with Crippen LogP contribution in [0.3, 0.4) is 0 Å². The van der Waals surface area contributed by atoms with E-state index in [2.05, 4.69) is 12.1 Å². The minimum atomic E-state index is 0.0212. The summed E-state index contributed by atoms with van der Waals surface area (Å²) in [6.45, 7) is 6.64. The van der Waals surface area contributed by atoms with Crippen molar-refractivity contribution in [3.63, 3.8) is 0 Å². The molecule has 1 aromatic rings. The zero-order valence-corrected chi connectivity index (χ0v) is 14.9. The summed E-state index contributed by atoms with van der Waals surface area (Å²) in [4.78, 5) is 28.9. The van der Waals surface area contributed by atoms with Crippen molar-refractivity contribution in [2.24, 2.45) is 5.92 Å². The molecule has 1 aromatic carbocycles. The maximum absolute atomic E-state index is 12.9. The Hall–Kier alpha value is -1.84. The molecule has 0 N–H and O–H groups in total. The van der Waals surface area contributed by atoms with Gasteiger partial charge in [-0.3, -0.25) is 9.59 Å². The van der Waals surface area contributed by atoms with Crippen molar-refractivity contribution in [2.75, 3.05) is 26.2 Å². The van der Waals surface area contributed by atoms with Crippen molar-refractivity contribution in [1.82, 2.24) is 9.80 Å². The molecule has 0 radical (unpaired) electrons. The smallest absolute Gasteiger partial charge is 0.253 e. The van der Waals surface area contributed by atoms with Crippen molar-refractivity contribution in [2.45, 2.75) is 46.0 Å². The van der Waals surface area contributed by atoms with E-state index in [1.54, 1.807) is 0 Å². The quantitative estimate of drug-likeness (QED) is 0.837. The van der Waals surface area contributed by atoms with E-state index in [9.17, 15) is 9.59 Å². The Kier molecular flexibility index (Phi) is 5.22. The third-order valence-corrected chi connectivity index (χ3v) is 5.18. The maximum Gasteiger partial charge on any atom is 0.253 e. The normalized spacial score (nSPS) is 18.3. The molecular weight excluding hydrogens is 300 g/mol. The number of hydrogen-bond acceptors (Lipinski definition) is 2. The molecule has 130 valence electrons. The van der Waals surface area contributed by atoms with Gasteiger partial charge in [0.25, 0.3) is 5.91 Å². The number of aryl methyl sites for hydroxylation is 2. The highest BCUT2D eigenvalue weighted by Crippen LogP contribution is 2.23. The zero-order valence-electron chi connectivity index (χ0n) is 14.9. The highest BCUT2D eigenvalue weighted by molar-refractivity contribution is 5.94. The number of benzene rings is 1. The summed E-state index contributed by atoms with van der Waals surface area (Å²) in [7, 11) is 0. The van der Waals surface area contributed by atoms with E-state index < -0.39 is 0 Å². The molecule has 2 aliphatic rings. The lowest BCUT2D eigenvalue weighted by atomic mass is 9.90. The molecule has 4 nitrogen and oxygen atoms in total. The average Bonchev–Trinajstić information content (AvgIpc) is 2.86. The number of fused-ring (bicyclic) bond motifs is 1. The first-order valence-corrected chi connectivity index (χ1v) is 9.26. The molecule has 0 bridgehead atoms. The standard InChI is InChI=1S/C20H28N2O2/c1-15(2)19(23)21-10-5-11-22(13-12-21)20(24)18-9-8-16-6-3-4-7-17(16)14-18/h8-9,14-15H,3-7,10-13H2,1-2H3. The monoisotopic (exact) mass is 328 g/mol. The Morgan fingerprint density at radius 3 is 2.29 bits per heavy atom. The molecule has 2 amide bonds. The molecule has 0 saturated carbocycles. The van der Waals surface area contributed by atoms with Crippen molar-refractivity contribution in [3.8, 4) is 0 Å². The van der Waals surface area contributed by atoms with Gasteiger partial charge in [0.05, 0.1) is 0 Å². The molecule has 0 atom stereocenters. The average molecular weight is 328 g/mol. The van der Waals surface area contributed by atoms with Gasteiger partial charge in [0.15, 0.2) is 0 Å². The van der Waals surface area contributed by atoms with E-state index in [1.165, 1.54) is 24.0 Å². The second kappa shape index (κ2) is 7.37. The maximum atomic E-state index is 12.9. The van der Waals surface area contributed by atoms with Gasteiger partial charge >= 0.3 is 0 Å². The van der Waals surface area contributed by atoms with Crippen molar-refractivity contribution in [3.05, 3.63) is 34.9 Å². The van der Waals surface area contributed by atoms with Crippen LogP contribution in [0.4, 0.5) is 0 Å². The highest BCUT2D eigenvalue weighted by Gasteiger charge is 2.24. The van der Waals surface area contributed by atoms with Crippen LogP contribution in [0, 0.1) is 5.92 Å². The summed E-state index contributed by atoms with van der Waals surface area (Å²) in [5, 5.41) is 0. The second-order valence-corrected chi connectivity index (χ2v) is 7.32. The van der Waals surface area contributed by atoms with Crippen LogP contribution in [0.1, 0.15) is 54.6 Å². The van der Waals surface area contributed by atoms with Crippen LogP contribution in [-0.4, -0.2) is 47.8 Å². The van der Waals surface area contributed by atoms with Crippen LogP contribution in [0.15, 0.2) is 18.2 Å².